The lowest BCUT2D eigenvalue weighted by Gasteiger charge is -2.30. The van der Waals surface area contributed by atoms with Gasteiger partial charge in [-0.25, -0.2) is 0 Å². The van der Waals surface area contributed by atoms with Crippen LogP contribution in [0.5, 0.6) is 0 Å². The molecule has 3 heteroatoms. The van der Waals surface area contributed by atoms with Crippen LogP contribution in [0, 0.1) is 5.21 Å². The second kappa shape index (κ2) is 3.83. The largest absolute Gasteiger partial charge is 0.783 e. The molecule has 0 amide bonds. The molecule has 0 spiro atoms. The quantitative estimate of drug-likeness (QED) is 0.434. The minimum Gasteiger partial charge on any atom is -0.783 e. The fourth-order valence-electron chi connectivity index (χ4n) is 0.414. The lowest BCUT2D eigenvalue weighted by molar-refractivity contribution is 0.0385. The number of hydrogen-bond donors (Lipinski definition) is 1. The molecular formula is C5H12NO2-. The summed E-state index contributed by atoms with van der Waals surface area (Å²) >= 11 is 0. The second-order valence-electron chi connectivity index (χ2n) is 1.62. The van der Waals surface area contributed by atoms with Gasteiger partial charge >= 0.3 is 0 Å². The van der Waals surface area contributed by atoms with E-state index < -0.39 is 6.23 Å². The van der Waals surface area contributed by atoms with Crippen molar-refractivity contribution >= 4 is 0 Å². The van der Waals surface area contributed by atoms with Gasteiger partial charge < -0.3 is 15.4 Å². The number of hydroxylamine groups is 2. The topological polar surface area (TPSA) is 46.5 Å². The van der Waals surface area contributed by atoms with Crippen LogP contribution in [0.4, 0.5) is 0 Å². The van der Waals surface area contributed by atoms with Crippen molar-refractivity contribution in [2.24, 2.45) is 0 Å². The average molecular weight is 118 g/mol. The van der Waals surface area contributed by atoms with Crippen molar-refractivity contribution in [1.82, 2.24) is 5.06 Å². The molecule has 1 unspecified atom stereocenters. The summed E-state index contributed by atoms with van der Waals surface area (Å²) in [6.07, 6.45) is -0.308. The van der Waals surface area contributed by atoms with Gasteiger partial charge in [0.1, 0.15) is 0 Å². The molecule has 0 rings (SSSR count). The molecule has 8 heavy (non-hydrogen) atoms. The third-order valence-corrected chi connectivity index (χ3v) is 1.01. The van der Waals surface area contributed by atoms with Gasteiger partial charge in [-0.2, -0.15) is 0 Å². The van der Waals surface area contributed by atoms with Crippen LogP contribution in [-0.2, 0) is 0 Å². The molecule has 1 atom stereocenters. The van der Waals surface area contributed by atoms with Crippen molar-refractivity contribution in [2.75, 3.05) is 6.54 Å². The Morgan fingerprint density at radius 2 is 2.12 bits per heavy atom. The number of aliphatic hydroxyl groups is 1. The Labute approximate surface area is 49.5 Å². The van der Waals surface area contributed by atoms with E-state index in [2.05, 4.69) is 0 Å². The summed E-state index contributed by atoms with van der Waals surface area (Å²) in [5.74, 6) is 0. The monoisotopic (exact) mass is 118 g/mol. The average Bonchev–Trinajstić information content (AvgIpc) is 1.84. The van der Waals surface area contributed by atoms with Gasteiger partial charge in [0.2, 0.25) is 0 Å². The molecule has 0 aliphatic carbocycles. The van der Waals surface area contributed by atoms with Crippen LogP contribution >= 0.6 is 0 Å². The van der Waals surface area contributed by atoms with Gasteiger partial charge in [0.15, 0.2) is 0 Å². The summed E-state index contributed by atoms with van der Waals surface area (Å²) in [7, 11) is 0. The summed E-state index contributed by atoms with van der Waals surface area (Å²) in [4.78, 5) is 0. The van der Waals surface area contributed by atoms with Crippen LogP contribution in [0.3, 0.4) is 0 Å². The van der Waals surface area contributed by atoms with E-state index in [0.717, 1.165) is 0 Å². The number of nitrogens with zero attached hydrogens (tertiary/aromatic N) is 1. The van der Waals surface area contributed by atoms with Gasteiger partial charge in [0, 0.05) is 0 Å². The zero-order valence-corrected chi connectivity index (χ0v) is 5.29. The lowest BCUT2D eigenvalue weighted by Crippen LogP contribution is -2.28. The molecule has 0 aromatic carbocycles. The Morgan fingerprint density at radius 3 is 2.25 bits per heavy atom. The highest BCUT2D eigenvalue weighted by atomic mass is 16.5. The van der Waals surface area contributed by atoms with E-state index in [9.17, 15) is 5.21 Å². The van der Waals surface area contributed by atoms with Crippen LogP contribution in [-0.4, -0.2) is 22.9 Å². The Hall–Kier alpha value is -0.120. The van der Waals surface area contributed by atoms with Gasteiger partial charge in [-0.05, 0) is 13.0 Å². The molecule has 0 radical (unpaired) electrons. The highest BCUT2D eigenvalue weighted by molar-refractivity contribution is 4.55. The Balaban J connectivity index is 3.29. The van der Waals surface area contributed by atoms with E-state index in [0.29, 0.717) is 18.0 Å². The van der Waals surface area contributed by atoms with Crippen molar-refractivity contribution in [3.63, 3.8) is 0 Å². The van der Waals surface area contributed by atoms with Gasteiger partial charge in [0.25, 0.3) is 0 Å². The zero-order chi connectivity index (χ0) is 6.57. The van der Waals surface area contributed by atoms with Crippen LogP contribution in [0.2, 0.25) is 0 Å². The molecule has 0 heterocycles. The van der Waals surface area contributed by atoms with Crippen LogP contribution in [0.1, 0.15) is 20.3 Å². The van der Waals surface area contributed by atoms with E-state index in [-0.39, 0.29) is 0 Å². The third kappa shape index (κ3) is 2.26. The fourth-order valence-corrected chi connectivity index (χ4v) is 0.414. The van der Waals surface area contributed by atoms with E-state index in [1.165, 1.54) is 0 Å². The molecule has 50 valence electrons. The number of aliphatic hydroxyl groups excluding tert-OH is 1. The smallest absolute Gasteiger partial charge is 0.0954 e. The minimum atomic E-state index is -0.806. The Bertz CT molecular complexity index is 50.4. The second-order valence-corrected chi connectivity index (χ2v) is 1.62. The standard InChI is InChI=1S/C5H12NO2/c1-3-5(7)6(8)4-2/h5,7H,3-4H2,1-2H3/q-1. The zero-order valence-electron chi connectivity index (χ0n) is 5.29. The maximum Gasteiger partial charge on any atom is 0.0954 e. The summed E-state index contributed by atoms with van der Waals surface area (Å²) in [6, 6.07) is 0. The first kappa shape index (κ1) is 7.88. The van der Waals surface area contributed by atoms with Crippen molar-refractivity contribution in [2.45, 2.75) is 26.5 Å². The maximum atomic E-state index is 10.4. The van der Waals surface area contributed by atoms with E-state index in [4.69, 9.17) is 5.11 Å². The first-order chi connectivity index (χ1) is 3.72. The number of hydrogen-bond acceptors (Lipinski definition) is 3. The molecule has 0 aliphatic heterocycles. The predicted molar refractivity (Wildman–Crippen MR) is 32.0 cm³/mol. The summed E-state index contributed by atoms with van der Waals surface area (Å²) in [6.45, 7) is 3.84. The fraction of sp³-hybridized carbons (Fsp3) is 1.00. The van der Waals surface area contributed by atoms with Crippen LogP contribution in [0.25, 0.3) is 0 Å². The molecule has 0 saturated carbocycles. The van der Waals surface area contributed by atoms with E-state index in [1.54, 1.807) is 13.8 Å². The normalized spacial score (nSPS) is 14.6. The molecular weight excluding hydrogens is 106 g/mol. The first-order valence-electron chi connectivity index (χ1n) is 2.84. The van der Waals surface area contributed by atoms with Crippen LogP contribution < -0.4 is 0 Å². The van der Waals surface area contributed by atoms with Gasteiger partial charge in [0.05, 0.1) is 6.23 Å². The molecule has 0 saturated heterocycles. The van der Waals surface area contributed by atoms with Crippen molar-refractivity contribution in [3.8, 4) is 0 Å². The van der Waals surface area contributed by atoms with Crippen molar-refractivity contribution in [1.29, 1.82) is 0 Å². The van der Waals surface area contributed by atoms with Crippen molar-refractivity contribution < 1.29 is 5.11 Å². The molecule has 0 aromatic heterocycles. The Morgan fingerprint density at radius 1 is 1.62 bits per heavy atom. The van der Waals surface area contributed by atoms with Crippen LogP contribution in [0.15, 0.2) is 0 Å². The predicted octanol–water partition coefficient (Wildman–Crippen LogP) is 0.534. The first-order valence-corrected chi connectivity index (χ1v) is 2.84. The SMILES string of the molecule is CCC(O)N([O-])CC. The molecule has 3 nitrogen and oxygen atoms in total. The summed E-state index contributed by atoms with van der Waals surface area (Å²) in [5, 5.41) is 19.8. The van der Waals surface area contributed by atoms with E-state index >= 15 is 0 Å². The molecule has 0 fully saturated rings. The van der Waals surface area contributed by atoms with Gasteiger partial charge in [-0.1, -0.05) is 13.8 Å². The van der Waals surface area contributed by atoms with Crippen molar-refractivity contribution in [3.05, 3.63) is 5.21 Å². The van der Waals surface area contributed by atoms with Gasteiger partial charge in [-0.15, -0.1) is 0 Å². The third-order valence-electron chi connectivity index (χ3n) is 1.01. The number of rotatable bonds is 3. The summed E-state index contributed by atoms with van der Waals surface area (Å²) in [5.41, 5.74) is 0. The maximum absolute atomic E-state index is 10.4. The molecule has 0 aromatic rings. The molecule has 0 bridgehead atoms. The molecule has 1 N–H and O–H groups in total. The lowest BCUT2D eigenvalue weighted by atomic mass is 10.4. The highest BCUT2D eigenvalue weighted by Crippen LogP contribution is 1.95. The Kier molecular flexibility index (Phi) is 3.77. The van der Waals surface area contributed by atoms with E-state index in [1.807, 2.05) is 0 Å². The molecule has 0 aliphatic rings. The summed E-state index contributed by atoms with van der Waals surface area (Å²) < 4.78 is 0. The minimum absolute atomic E-state index is 0.356. The van der Waals surface area contributed by atoms with Gasteiger partial charge in [-0.3, -0.25) is 0 Å². The highest BCUT2D eigenvalue weighted by Gasteiger charge is 1.97.